The Hall–Kier alpha value is -3.47. The highest BCUT2D eigenvalue weighted by atomic mass is 35.5. The molecule has 8 nitrogen and oxygen atoms in total. The molecule has 0 aliphatic heterocycles. The van der Waals surface area contributed by atoms with Gasteiger partial charge in [-0.1, -0.05) is 79.5 Å². The van der Waals surface area contributed by atoms with Crippen molar-refractivity contribution in [3.63, 3.8) is 0 Å². The molecule has 0 spiro atoms. The summed E-state index contributed by atoms with van der Waals surface area (Å²) in [5, 5.41) is -0.849. The fourth-order valence-electron chi connectivity index (χ4n) is 4.06. The lowest BCUT2D eigenvalue weighted by Crippen LogP contribution is -2.31. The normalized spacial score (nSPS) is 11.8. The van der Waals surface area contributed by atoms with Crippen LogP contribution in [0.5, 0.6) is 0 Å². The van der Waals surface area contributed by atoms with Gasteiger partial charge in [-0.05, 0) is 44.4 Å². The van der Waals surface area contributed by atoms with Crippen LogP contribution in [-0.2, 0) is 27.7 Å². The number of hydrogen-bond donors (Lipinski definition) is 1. The predicted octanol–water partition coefficient (Wildman–Crippen LogP) is 7.42. The second-order valence-corrected chi connectivity index (χ2v) is 13.2. The molecule has 4 rings (SSSR count). The first-order chi connectivity index (χ1) is 18.9. The van der Waals surface area contributed by atoms with Crippen LogP contribution in [0.4, 0.5) is 9.80 Å². The van der Waals surface area contributed by atoms with Gasteiger partial charge in [0.15, 0.2) is 11.4 Å². The van der Waals surface area contributed by atoms with Crippen molar-refractivity contribution in [3.05, 3.63) is 82.0 Å². The second kappa shape index (κ2) is 12.0. The van der Waals surface area contributed by atoms with Gasteiger partial charge in [-0.3, -0.25) is 9.52 Å². The lowest BCUT2D eigenvalue weighted by molar-refractivity contribution is 0.0719. The van der Waals surface area contributed by atoms with Crippen LogP contribution in [0.15, 0.2) is 60.7 Å². The van der Waals surface area contributed by atoms with Gasteiger partial charge in [0.05, 0.1) is 0 Å². The van der Waals surface area contributed by atoms with Crippen molar-refractivity contribution in [3.8, 4) is 22.5 Å². The molecular weight excluding hydrogens is 570 g/mol. The molecule has 2 heterocycles. The van der Waals surface area contributed by atoms with Crippen molar-refractivity contribution in [1.29, 1.82) is 0 Å². The van der Waals surface area contributed by atoms with Gasteiger partial charge in [0.2, 0.25) is 0 Å². The minimum atomic E-state index is -4.42. The van der Waals surface area contributed by atoms with Crippen LogP contribution in [-0.4, -0.2) is 35.2 Å². The molecule has 0 aliphatic rings. The topological polar surface area (TPSA) is 107 Å². The molecule has 0 aliphatic carbocycles. The third-order valence-corrected chi connectivity index (χ3v) is 8.34. The van der Waals surface area contributed by atoms with E-state index in [-0.39, 0.29) is 10.8 Å². The van der Waals surface area contributed by atoms with E-state index >= 15 is 0 Å². The van der Waals surface area contributed by atoms with Gasteiger partial charge in [0.25, 0.3) is 0 Å². The van der Waals surface area contributed by atoms with Crippen LogP contribution in [0.2, 0.25) is 5.15 Å². The molecule has 40 heavy (non-hydrogen) atoms. The molecule has 0 bridgehead atoms. The monoisotopic (exact) mass is 599 g/mol. The molecule has 210 valence electrons. The highest BCUT2D eigenvalue weighted by molar-refractivity contribution is 8.07. The van der Waals surface area contributed by atoms with E-state index in [9.17, 15) is 18.0 Å². The number of hydrogen-bond acceptors (Lipinski definition) is 7. The number of nitrogens with one attached hydrogen (secondary N) is 1. The number of aryl methyl sites for hydroxylation is 1. The maximum atomic E-state index is 12.8. The number of rotatable bonds is 9. The number of thiophene rings is 1. The zero-order valence-electron chi connectivity index (χ0n) is 22.6. The highest BCUT2D eigenvalue weighted by Crippen LogP contribution is 2.38. The van der Waals surface area contributed by atoms with Crippen molar-refractivity contribution in [2.24, 2.45) is 0 Å². The van der Waals surface area contributed by atoms with Crippen LogP contribution in [0, 0.1) is 0 Å². The summed E-state index contributed by atoms with van der Waals surface area (Å²) in [7, 11) is -4.42. The Morgan fingerprint density at radius 2 is 1.77 bits per heavy atom. The lowest BCUT2D eigenvalue weighted by Gasteiger charge is -2.19. The Kier molecular flexibility index (Phi) is 8.82. The van der Waals surface area contributed by atoms with E-state index in [2.05, 4.69) is 9.71 Å². The predicted molar refractivity (Wildman–Crippen MR) is 160 cm³/mol. The van der Waals surface area contributed by atoms with Gasteiger partial charge in [-0.15, -0.1) is 11.3 Å². The largest absolute Gasteiger partial charge is 0.447 e. The van der Waals surface area contributed by atoms with Gasteiger partial charge in [-0.25, -0.2) is 9.78 Å². The van der Waals surface area contributed by atoms with Gasteiger partial charge < -0.3 is 9.30 Å². The first-order valence-corrected chi connectivity index (χ1v) is 15.3. The maximum absolute atomic E-state index is 12.8. The third kappa shape index (κ3) is 6.80. The van der Waals surface area contributed by atoms with Gasteiger partial charge in [0.1, 0.15) is 22.1 Å². The summed E-state index contributed by atoms with van der Waals surface area (Å²) in [6, 6.07) is 19.0. The van der Waals surface area contributed by atoms with Crippen molar-refractivity contribution in [2.45, 2.75) is 52.7 Å². The number of aromatic nitrogens is 2. The average molecular weight is 600 g/mol. The number of aldehydes is 1. The molecule has 2 aromatic heterocycles. The minimum Gasteiger partial charge on any atom is -0.447 e. The van der Waals surface area contributed by atoms with Gasteiger partial charge in [0, 0.05) is 22.5 Å². The number of carbonyl (C=O) groups is 2. The smallest absolute Gasteiger partial charge is 0.445 e. The van der Waals surface area contributed by atoms with E-state index in [1.165, 1.54) is 11.3 Å². The van der Waals surface area contributed by atoms with E-state index in [0.717, 1.165) is 34.4 Å². The summed E-state index contributed by atoms with van der Waals surface area (Å²) in [5.74, 6) is 0.581. The molecular formula is C29H30ClN3O5S2. The average Bonchev–Trinajstić information content (AvgIpc) is 3.43. The summed E-state index contributed by atoms with van der Waals surface area (Å²) in [6.07, 6.45) is 2.34. The quantitative estimate of drug-likeness (QED) is 0.158. The molecule has 2 aromatic carbocycles. The number of sulfonamides is 1. The SMILES string of the molecule is CCCc1cc(-c2ccc(Cn3c(-c4ccccc4)nc(Cl)c3C=O)cc2)c(NS(=O)(=O)C(=O)OC(C)(C)C)s1. The molecule has 0 saturated carbocycles. The number of nitrogens with zero attached hydrogens (tertiary/aromatic N) is 2. The summed E-state index contributed by atoms with van der Waals surface area (Å²) >= 11 is 7.57. The Bertz CT molecular complexity index is 1620. The van der Waals surface area contributed by atoms with Crippen LogP contribution >= 0.6 is 22.9 Å². The molecule has 4 aromatic rings. The maximum Gasteiger partial charge on any atom is 0.445 e. The minimum absolute atomic E-state index is 0.133. The number of ether oxygens (including phenoxy) is 1. The molecule has 0 atom stereocenters. The standard InChI is InChI=1S/C29H30ClN3O5S2/c1-5-9-22-16-23(27(39-22)32-40(36,37)28(35)38-29(2,3)4)20-14-12-19(13-15-20)17-33-24(18-34)25(30)31-26(33)21-10-7-6-8-11-21/h6-8,10-16,18,32H,5,9,17H2,1-4H3. The number of benzene rings is 2. The first-order valence-electron chi connectivity index (χ1n) is 12.7. The number of anilines is 1. The molecule has 0 fully saturated rings. The number of carbonyl (C=O) groups excluding carboxylic acids is 2. The van der Waals surface area contributed by atoms with Crippen LogP contribution < -0.4 is 4.72 Å². The van der Waals surface area contributed by atoms with Crippen molar-refractivity contribution in [1.82, 2.24) is 9.55 Å². The highest BCUT2D eigenvalue weighted by Gasteiger charge is 2.30. The van der Waals surface area contributed by atoms with E-state index in [0.29, 0.717) is 29.2 Å². The fraction of sp³-hybridized carbons (Fsp3) is 0.276. The Labute approximate surface area is 243 Å². The molecule has 0 amide bonds. The molecule has 0 saturated heterocycles. The lowest BCUT2D eigenvalue weighted by atomic mass is 10.0. The van der Waals surface area contributed by atoms with E-state index in [1.807, 2.05) is 67.6 Å². The number of imidazole rings is 1. The number of halogens is 1. The van der Waals surface area contributed by atoms with Gasteiger partial charge >= 0.3 is 15.3 Å². The molecule has 11 heteroatoms. The Balaban J connectivity index is 1.65. The third-order valence-electron chi connectivity index (χ3n) is 5.83. The summed E-state index contributed by atoms with van der Waals surface area (Å²) in [4.78, 5) is 29.6. The fourth-order valence-corrected chi connectivity index (χ4v) is 6.61. The first kappa shape index (κ1) is 29.5. The van der Waals surface area contributed by atoms with Crippen molar-refractivity contribution in [2.75, 3.05) is 4.72 Å². The molecule has 0 radical (unpaired) electrons. The van der Waals surface area contributed by atoms with Crippen LogP contribution in [0.1, 0.15) is 55.0 Å². The van der Waals surface area contributed by atoms with Crippen molar-refractivity contribution < 1.29 is 22.7 Å². The zero-order valence-corrected chi connectivity index (χ0v) is 25.0. The summed E-state index contributed by atoms with van der Waals surface area (Å²) in [6.45, 7) is 7.21. The molecule has 0 unspecified atom stereocenters. The zero-order chi connectivity index (χ0) is 29.1. The van der Waals surface area contributed by atoms with Crippen LogP contribution in [0.25, 0.3) is 22.5 Å². The van der Waals surface area contributed by atoms with Crippen molar-refractivity contribution >= 4 is 49.5 Å². The Morgan fingerprint density at radius 1 is 1.10 bits per heavy atom. The van der Waals surface area contributed by atoms with Gasteiger partial charge in [-0.2, -0.15) is 8.42 Å². The van der Waals surface area contributed by atoms with E-state index in [4.69, 9.17) is 16.3 Å². The van der Waals surface area contributed by atoms with E-state index < -0.39 is 20.9 Å². The van der Waals surface area contributed by atoms with Crippen LogP contribution in [0.3, 0.4) is 0 Å². The van der Waals surface area contributed by atoms with E-state index in [1.54, 1.807) is 25.3 Å². The summed E-state index contributed by atoms with van der Waals surface area (Å²) in [5.41, 5.74) is 2.49. The summed E-state index contributed by atoms with van der Waals surface area (Å²) < 4.78 is 34.8. The Morgan fingerprint density at radius 3 is 2.38 bits per heavy atom. The molecule has 1 N–H and O–H groups in total. The second-order valence-electron chi connectivity index (χ2n) is 10.2.